The van der Waals surface area contributed by atoms with Gasteiger partial charge in [-0.1, -0.05) is 12.1 Å². The number of carbonyl (C=O) groups is 2. The van der Waals surface area contributed by atoms with Crippen molar-refractivity contribution in [1.29, 1.82) is 0 Å². The summed E-state index contributed by atoms with van der Waals surface area (Å²) in [6.45, 7) is 0. The fourth-order valence-corrected chi connectivity index (χ4v) is 7.24. The van der Waals surface area contributed by atoms with Gasteiger partial charge in [-0.25, -0.2) is 8.42 Å². The molecule has 1 aromatic rings. The van der Waals surface area contributed by atoms with Gasteiger partial charge in [0.2, 0.25) is 5.91 Å². The molecule has 6 nitrogen and oxygen atoms in total. The van der Waals surface area contributed by atoms with Crippen LogP contribution in [0.1, 0.15) is 26.9 Å². The van der Waals surface area contributed by atoms with Gasteiger partial charge in [0, 0.05) is 17.1 Å². The number of amides is 2. The van der Waals surface area contributed by atoms with E-state index in [2.05, 4.69) is 10.9 Å². The maximum absolute atomic E-state index is 12.1. The van der Waals surface area contributed by atoms with Crippen LogP contribution in [0.2, 0.25) is 0 Å². The first kappa shape index (κ1) is 17.6. The molecule has 0 aliphatic carbocycles. The first-order valence-corrected chi connectivity index (χ1v) is 11.5. The Morgan fingerprint density at radius 3 is 2.29 bits per heavy atom. The van der Waals surface area contributed by atoms with Crippen LogP contribution in [0.15, 0.2) is 24.3 Å². The Hall–Kier alpha value is -1.19. The summed E-state index contributed by atoms with van der Waals surface area (Å²) in [5.41, 5.74) is 6.30. The van der Waals surface area contributed by atoms with Gasteiger partial charge in [0.25, 0.3) is 5.91 Å². The summed E-state index contributed by atoms with van der Waals surface area (Å²) in [4.78, 5) is 24.0. The van der Waals surface area contributed by atoms with Crippen molar-refractivity contribution in [3.05, 3.63) is 35.4 Å². The van der Waals surface area contributed by atoms with Crippen molar-refractivity contribution in [1.82, 2.24) is 10.9 Å². The minimum atomic E-state index is -3.12. The largest absolute Gasteiger partial charge is 0.273 e. The Balaban J connectivity index is 1.52. The first-order valence-electron chi connectivity index (χ1n) is 7.58. The Kier molecular flexibility index (Phi) is 5.41. The quantitative estimate of drug-likeness (QED) is 0.762. The second-order valence-electron chi connectivity index (χ2n) is 5.74. The van der Waals surface area contributed by atoms with Crippen molar-refractivity contribution >= 4 is 45.2 Å². The van der Waals surface area contributed by atoms with E-state index < -0.39 is 27.6 Å². The molecule has 9 heteroatoms. The van der Waals surface area contributed by atoms with E-state index in [9.17, 15) is 18.0 Å². The molecular formula is C15H18N2O4S3. The lowest BCUT2D eigenvalue weighted by Gasteiger charge is -2.12. The van der Waals surface area contributed by atoms with E-state index in [1.807, 2.05) is 35.7 Å². The molecule has 0 unspecified atom stereocenters. The highest BCUT2D eigenvalue weighted by atomic mass is 32.2. The molecule has 2 aliphatic heterocycles. The molecule has 2 fully saturated rings. The molecule has 0 radical (unpaired) electrons. The molecule has 1 atom stereocenters. The monoisotopic (exact) mass is 386 g/mol. The Morgan fingerprint density at radius 1 is 1.04 bits per heavy atom. The van der Waals surface area contributed by atoms with Crippen LogP contribution in [-0.4, -0.2) is 43.2 Å². The lowest BCUT2D eigenvalue weighted by molar-refractivity contribution is -0.125. The fourth-order valence-electron chi connectivity index (χ4n) is 2.64. The summed E-state index contributed by atoms with van der Waals surface area (Å²) in [5, 5.41) is 0. The average molecular weight is 387 g/mol. The van der Waals surface area contributed by atoms with E-state index in [0.29, 0.717) is 16.6 Å². The standard InChI is InChI=1S/C15H18N2O4S3/c18-13(16-17-14(19)12-5-8-24(20,21)9-12)10-1-3-11(4-2-10)15-22-6-7-23-15/h1-4,12,15H,5-9H2,(H,16,18)(H,17,19)/t12-/m0/s1. The minimum absolute atomic E-state index is 0.0255. The van der Waals surface area contributed by atoms with E-state index in [0.717, 1.165) is 11.5 Å². The van der Waals surface area contributed by atoms with Gasteiger partial charge in [-0.15, -0.1) is 23.5 Å². The highest BCUT2D eigenvalue weighted by Gasteiger charge is 2.33. The average Bonchev–Trinajstić information content (AvgIpc) is 3.22. The van der Waals surface area contributed by atoms with Gasteiger partial charge >= 0.3 is 0 Å². The molecule has 2 N–H and O–H groups in total. The highest BCUT2D eigenvalue weighted by molar-refractivity contribution is 8.19. The zero-order valence-electron chi connectivity index (χ0n) is 12.9. The Bertz CT molecular complexity index is 728. The molecule has 0 bridgehead atoms. The van der Waals surface area contributed by atoms with Crippen molar-refractivity contribution in [3.63, 3.8) is 0 Å². The van der Waals surface area contributed by atoms with Crippen LogP contribution in [0.25, 0.3) is 0 Å². The van der Waals surface area contributed by atoms with Crippen LogP contribution in [0.5, 0.6) is 0 Å². The number of thioether (sulfide) groups is 2. The Morgan fingerprint density at radius 2 is 1.71 bits per heavy atom. The number of hydrazine groups is 1. The number of benzene rings is 1. The molecule has 24 heavy (non-hydrogen) atoms. The van der Waals surface area contributed by atoms with Crippen LogP contribution in [0, 0.1) is 5.92 Å². The van der Waals surface area contributed by atoms with Gasteiger partial charge in [-0.05, 0) is 24.1 Å². The van der Waals surface area contributed by atoms with Gasteiger partial charge in [-0.3, -0.25) is 20.4 Å². The normalized spacial score (nSPS) is 23.1. The molecule has 3 rings (SSSR count). The highest BCUT2D eigenvalue weighted by Crippen LogP contribution is 2.45. The van der Waals surface area contributed by atoms with Crippen molar-refractivity contribution in [2.75, 3.05) is 23.0 Å². The predicted octanol–water partition coefficient (Wildman–Crippen LogP) is 1.36. The third-order valence-corrected chi connectivity index (χ3v) is 8.84. The molecule has 2 saturated heterocycles. The first-order chi connectivity index (χ1) is 11.4. The van der Waals surface area contributed by atoms with Crippen LogP contribution in [0.3, 0.4) is 0 Å². The molecule has 0 spiro atoms. The minimum Gasteiger partial charge on any atom is -0.273 e. The van der Waals surface area contributed by atoms with Crippen LogP contribution >= 0.6 is 23.5 Å². The number of carbonyl (C=O) groups excluding carboxylic acids is 2. The van der Waals surface area contributed by atoms with Gasteiger partial charge in [0.05, 0.1) is 22.0 Å². The van der Waals surface area contributed by atoms with Crippen molar-refractivity contribution < 1.29 is 18.0 Å². The van der Waals surface area contributed by atoms with E-state index >= 15 is 0 Å². The second-order valence-corrected chi connectivity index (χ2v) is 10.7. The SMILES string of the molecule is O=C(NNC(=O)[C@H]1CCS(=O)(=O)C1)c1ccc(C2SCCS2)cc1. The summed E-state index contributed by atoms with van der Waals surface area (Å²) in [6.07, 6.45) is 0.301. The molecule has 0 saturated carbocycles. The summed E-state index contributed by atoms with van der Waals surface area (Å²) in [7, 11) is -3.12. The van der Waals surface area contributed by atoms with Gasteiger partial charge < -0.3 is 0 Å². The molecule has 2 amide bonds. The third-order valence-electron chi connectivity index (χ3n) is 3.97. The van der Waals surface area contributed by atoms with Crippen molar-refractivity contribution in [2.24, 2.45) is 5.92 Å². The summed E-state index contributed by atoms with van der Waals surface area (Å²) < 4.78 is 23.2. The van der Waals surface area contributed by atoms with Crippen LogP contribution in [0.4, 0.5) is 0 Å². The number of nitrogens with one attached hydrogen (secondary N) is 2. The number of rotatable bonds is 3. The molecular weight excluding hydrogens is 368 g/mol. The van der Waals surface area contributed by atoms with E-state index in [1.165, 1.54) is 5.56 Å². The zero-order valence-corrected chi connectivity index (χ0v) is 15.3. The summed E-state index contributed by atoms with van der Waals surface area (Å²) in [6, 6.07) is 7.32. The fraction of sp³-hybridized carbons (Fsp3) is 0.467. The number of sulfone groups is 1. The van der Waals surface area contributed by atoms with Gasteiger partial charge in [0.1, 0.15) is 0 Å². The van der Waals surface area contributed by atoms with Crippen molar-refractivity contribution in [3.8, 4) is 0 Å². The summed E-state index contributed by atoms with van der Waals surface area (Å²) >= 11 is 3.79. The van der Waals surface area contributed by atoms with Gasteiger partial charge in [0.15, 0.2) is 9.84 Å². The molecule has 0 aromatic heterocycles. The smallest absolute Gasteiger partial charge is 0.269 e. The molecule has 130 valence electrons. The van der Waals surface area contributed by atoms with Crippen molar-refractivity contribution in [2.45, 2.75) is 11.0 Å². The molecule has 2 heterocycles. The number of hydrogen-bond donors (Lipinski definition) is 2. The maximum atomic E-state index is 12.1. The maximum Gasteiger partial charge on any atom is 0.269 e. The second kappa shape index (κ2) is 7.37. The van der Waals surface area contributed by atoms with Crippen LogP contribution in [-0.2, 0) is 14.6 Å². The predicted molar refractivity (Wildman–Crippen MR) is 96.5 cm³/mol. The topological polar surface area (TPSA) is 92.3 Å². The van der Waals surface area contributed by atoms with Gasteiger partial charge in [-0.2, -0.15) is 0 Å². The molecule has 2 aliphatic rings. The summed E-state index contributed by atoms with van der Waals surface area (Å²) in [5.74, 6) is 0.690. The third kappa shape index (κ3) is 4.25. The lowest BCUT2D eigenvalue weighted by atomic mass is 10.1. The molecule has 1 aromatic carbocycles. The van der Waals surface area contributed by atoms with E-state index in [4.69, 9.17) is 0 Å². The number of hydrogen-bond acceptors (Lipinski definition) is 6. The Labute approximate surface area is 149 Å². The zero-order chi connectivity index (χ0) is 17.2. The lowest BCUT2D eigenvalue weighted by Crippen LogP contribution is -2.44. The van der Waals surface area contributed by atoms with Crippen LogP contribution < -0.4 is 10.9 Å². The van der Waals surface area contributed by atoms with E-state index in [-0.39, 0.29) is 11.5 Å². The van der Waals surface area contributed by atoms with E-state index in [1.54, 1.807) is 12.1 Å².